The van der Waals surface area contributed by atoms with Crippen LogP contribution in [-0.4, -0.2) is 37.5 Å². The van der Waals surface area contributed by atoms with Crippen molar-refractivity contribution in [1.82, 2.24) is 24.1 Å². The minimum atomic E-state index is -0.369. The Balaban J connectivity index is 1.65. The van der Waals surface area contributed by atoms with Gasteiger partial charge in [0.05, 0.1) is 33.6 Å². The monoisotopic (exact) mass is 553 g/mol. The molecule has 0 saturated carbocycles. The van der Waals surface area contributed by atoms with Crippen molar-refractivity contribution >= 4 is 46.6 Å². The Morgan fingerprint density at radius 1 is 1.03 bits per heavy atom. The van der Waals surface area contributed by atoms with E-state index < -0.39 is 0 Å². The van der Waals surface area contributed by atoms with Crippen LogP contribution in [0.15, 0.2) is 53.6 Å². The van der Waals surface area contributed by atoms with Gasteiger partial charge in [-0.25, -0.2) is 9.50 Å². The summed E-state index contributed by atoms with van der Waals surface area (Å²) in [4.78, 5) is 33.0. The van der Waals surface area contributed by atoms with E-state index in [1.807, 2.05) is 25.1 Å². The minimum absolute atomic E-state index is 0.00231. The van der Waals surface area contributed by atoms with Crippen LogP contribution in [0.25, 0.3) is 39.2 Å². The van der Waals surface area contributed by atoms with Gasteiger partial charge in [-0.2, -0.15) is 0 Å². The number of methoxy groups -OCH3 is 1. The molecule has 0 radical (unpaired) electrons. The smallest absolute Gasteiger partial charge is 0.277 e. The van der Waals surface area contributed by atoms with Gasteiger partial charge in [-0.3, -0.25) is 19.1 Å². The first-order chi connectivity index (χ1) is 17.7. The molecule has 186 valence electrons. The van der Waals surface area contributed by atoms with Gasteiger partial charge in [-0.1, -0.05) is 53.0 Å². The van der Waals surface area contributed by atoms with E-state index in [9.17, 15) is 9.59 Å². The van der Waals surface area contributed by atoms with E-state index in [0.29, 0.717) is 60.9 Å². The summed E-state index contributed by atoms with van der Waals surface area (Å²) >= 11 is 20.1. The molecule has 5 rings (SSSR count). The van der Waals surface area contributed by atoms with E-state index in [1.165, 1.54) is 23.2 Å². The quantitative estimate of drug-likeness (QED) is 0.251. The molecule has 0 aliphatic heterocycles. The third kappa shape index (κ3) is 4.17. The highest BCUT2D eigenvalue weighted by molar-refractivity contribution is 6.39. The van der Waals surface area contributed by atoms with E-state index in [-0.39, 0.29) is 16.9 Å². The summed E-state index contributed by atoms with van der Waals surface area (Å²) in [6.45, 7) is 1.82. The second kappa shape index (κ2) is 9.63. The molecular weight excluding hydrogens is 537 g/mol. The van der Waals surface area contributed by atoms with Crippen molar-refractivity contribution in [3.63, 3.8) is 0 Å². The number of nitrogens with zero attached hydrogens (tertiary/aromatic N) is 5. The normalized spacial score (nSPS) is 11.2. The highest BCUT2D eigenvalue weighted by Gasteiger charge is 2.20. The highest BCUT2D eigenvalue weighted by atomic mass is 35.5. The van der Waals surface area contributed by atoms with Crippen LogP contribution in [0.4, 0.5) is 0 Å². The van der Waals surface area contributed by atoms with Gasteiger partial charge in [0.25, 0.3) is 5.56 Å². The van der Waals surface area contributed by atoms with Crippen molar-refractivity contribution in [3.05, 3.63) is 85.6 Å². The predicted molar refractivity (Wildman–Crippen MR) is 144 cm³/mol. The fraction of sp³-hybridized carbons (Fsp3) is 0.115. The molecule has 0 N–H and O–H groups in total. The molecule has 0 amide bonds. The lowest BCUT2D eigenvalue weighted by atomic mass is 10.00. The van der Waals surface area contributed by atoms with Crippen molar-refractivity contribution < 1.29 is 9.53 Å². The molecule has 0 aliphatic carbocycles. The summed E-state index contributed by atoms with van der Waals surface area (Å²) in [5, 5.41) is 5.45. The maximum absolute atomic E-state index is 12.7. The average Bonchev–Trinajstić information content (AvgIpc) is 3.32. The first kappa shape index (κ1) is 25.0. The molecule has 0 fully saturated rings. The molecule has 5 aromatic rings. The Hall–Kier alpha value is -3.72. The van der Waals surface area contributed by atoms with Gasteiger partial charge in [0.15, 0.2) is 12.1 Å². The maximum Gasteiger partial charge on any atom is 0.277 e. The van der Waals surface area contributed by atoms with Crippen LogP contribution >= 0.6 is 34.8 Å². The number of ether oxygens (including phenoxy) is 1. The van der Waals surface area contributed by atoms with Crippen molar-refractivity contribution in [3.8, 4) is 39.5 Å². The zero-order valence-corrected chi connectivity index (χ0v) is 22.1. The second-order valence-corrected chi connectivity index (χ2v) is 9.37. The van der Waals surface area contributed by atoms with Crippen LogP contribution in [0, 0.1) is 6.92 Å². The van der Waals surface area contributed by atoms with Crippen molar-refractivity contribution in [2.24, 2.45) is 7.05 Å². The van der Waals surface area contributed by atoms with Crippen LogP contribution in [-0.2, 0) is 7.05 Å². The molecular formula is C26H18Cl3N5O3. The second-order valence-electron chi connectivity index (χ2n) is 8.21. The summed E-state index contributed by atoms with van der Waals surface area (Å²) < 4.78 is 7.89. The summed E-state index contributed by atoms with van der Waals surface area (Å²) in [5.74, 6) is 0.406. The number of carbonyl (C=O) groups is 1. The molecule has 0 saturated heterocycles. The number of aromatic nitrogens is 5. The molecule has 11 heteroatoms. The van der Waals surface area contributed by atoms with Crippen molar-refractivity contribution in [2.45, 2.75) is 6.92 Å². The average molecular weight is 555 g/mol. The standard InChI is InChI=1S/C26H18Cl3N5O3/c1-13-18(27)10-19(31-25(13)37-3)17-6-4-5-15(22(17)28)16-7-8-30-24(23(16)29)14-9-20-26(36)33(2)21(12-35)32-34(20)11-14/h4-12H,1-3H3. The van der Waals surface area contributed by atoms with Crippen LogP contribution in [0.2, 0.25) is 15.1 Å². The third-order valence-electron chi connectivity index (χ3n) is 6.07. The summed E-state index contributed by atoms with van der Waals surface area (Å²) in [5.41, 5.74) is 4.12. The number of halogens is 3. The van der Waals surface area contributed by atoms with Gasteiger partial charge < -0.3 is 4.74 Å². The Morgan fingerprint density at radius 2 is 1.76 bits per heavy atom. The number of benzene rings is 1. The predicted octanol–water partition coefficient (Wildman–Crippen LogP) is 5.91. The zero-order chi connectivity index (χ0) is 26.4. The Morgan fingerprint density at radius 3 is 2.49 bits per heavy atom. The largest absolute Gasteiger partial charge is 0.481 e. The molecule has 8 nitrogen and oxygen atoms in total. The van der Waals surface area contributed by atoms with E-state index in [0.717, 1.165) is 5.56 Å². The number of hydrogen-bond acceptors (Lipinski definition) is 6. The summed E-state index contributed by atoms with van der Waals surface area (Å²) in [6.07, 6.45) is 3.73. The maximum atomic E-state index is 12.7. The molecule has 4 heterocycles. The highest BCUT2D eigenvalue weighted by Crippen LogP contribution is 2.42. The van der Waals surface area contributed by atoms with E-state index in [2.05, 4.69) is 15.1 Å². The fourth-order valence-electron chi connectivity index (χ4n) is 4.06. The van der Waals surface area contributed by atoms with E-state index >= 15 is 0 Å². The van der Waals surface area contributed by atoms with Gasteiger partial charge in [-0.05, 0) is 25.1 Å². The first-order valence-corrected chi connectivity index (χ1v) is 12.1. The first-order valence-electron chi connectivity index (χ1n) is 10.9. The Labute approximate surface area is 226 Å². The number of rotatable bonds is 5. The van der Waals surface area contributed by atoms with E-state index in [4.69, 9.17) is 39.5 Å². The molecule has 0 aliphatic rings. The van der Waals surface area contributed by atoms with Gasteiger partial charge in [0.2, 0.25) is 5.88 Å². The minimum Gasteiger partial charge on any atom is -0.481 e. The van der Waals surface area contributed by atoms with Gasteiger partial charge in [-0.15, -0.1) is 5.10 Å². The van der Waals surface area contributed by atoms with Crippen molar-refractivity contribution in [2.75, 3.05) is 7.11 Å². The van der Waals surface area contributed by atoms with E-state index in [1.54, 1.807) is 30.6 Å². The van der Waals surface area contributed by atoms with Crippen LogP contribution in [0.3, 0.4) is 0 Å². The molecule has 0 bridgehead atoms. The number of pyridine rings is 2. The lowest BCUT2D eigenvalue weighted by Gasteiger charge is -2.14. The molecule has 0 unspecified atom stereocenters. The lowest BCUT2D eigenvalue weighted by molar-refractivity contribution is 0.110. The van der Waals surface area contributed by atoms with Crippen LogP contribution in [0.1, 0.15) is 16.2 Å². The number of aldehydes is 1. The molecule has 4 aromatic heterocycles. The third-order valence-corrected chi connectivity index (χ3v) is 7.25. The van der Waals surface area contributed by atoms with Gasteiger partial charge in [0, 0.05) is 47.3 Å². The lowest BCUT2D eigenvalue weighted by Crippen LogP contribution is -2.24. The topological polar surface area (TPSA) is 91.4 Å². The SMILES string of the molecule is COc1nc(-c2cccc(-c3ccnc(-c4cc5c(=O)n(C)c(C=O)nn5c4)c3Cl)c2Cl)cc(Cl)c1C. The summed E-state index contributed by atoms with van der Waals surface area (Å²) in [6, 6.07) is 10.6. The van der Waals surface area contributed by atoms with Crippen molar-refractivity contribution in [1.29, 1.82) is 0 Å². The molecule has 37 heavy (non-hydrogen) atoms. The van der Waals surface area contributed by atoms with Gasteiger partial charge >= 0.3 is 0 Å². The summed E-state index contributed by atoms with van der Waals surface area (Å²) in [7, 11) is 3.01. The van der Waals surface area contributed by atoms with Crippen LogP contribution < -0.4 is 10.3 Å². The van der Waals surface area contributed by atoms with Crippen LogP contribution in [0.5, 0.6) is 5.88 Å². The number of carbonyl (C=O) groups excluding carboxylic acids is 1. The molecule has 1 aromatic carbocycles. The number of fused-ring (bicyclic) bond motifs is 1. The molecule has 0 atom stereocenters. The molecule has 0 spiro atoms. The fourth-order valence-corrected chi connectivity index (χ4v) is 4.89. The Bertz CT molecular complexity index is 1780. The van der Waals surface area contributed by atoms with Gasteiger partial charge in [0.1, 0.15) is 5.52 Å². The zero-order valence-electron chi connectivity index (χ0n) is 19.8. The Kier molecular flexibility index (Phi) is 6.49. The number of hydrogen-bond donors (Lipinski definition) is 0.